The molecule has 0 saturated carbocycles. The van der Waals surface area contributed by atoms with Gasteiger partial charge in [0, 0.05) is 13.1 Å². The van der Waals surface area contributed by atoms with E-state index >= 15 is 0 Å². The highest BCUT2D eigenvalue weighted by Gasteiger charge is 2.58. The van der Waals surface area contributed by atoms with Crippen molar-refractivity contribution in [3.05, 3.63) is 0 Å². The van der Waals surface area contributed by atoms with Crippen LogP contribution >= 0.6 is 0 Å². The largest absolute Gasteiger partial charge is 0.272 e. The van der Waals surface area contributed by atoms with Crippen LogP contribution in [0.25, 0.3) is 0 Å². The lowest BCUT2D eigenvalue weighted by molar-refractivity contribution is -0.123. The molecule has 0 aromatic rings. The van der Waals surface area contributed by atoms with Gasteiger partial charge in [0.1, 0.15) is 0 Å². The maximum absolute atomic E-state index is 2.63. The quantitative estimate of drug-likeness (QED) is 0.465. The highest BCUT2D eigenvalue weighted by atomic mass is 15.7. The Kier molecular flexibility index (Phi) is 0.972. The van der Waals surface area contributed by atoms with Gasteiger partial charge in [-0.2, -0.15) is 0 Å². The van der Waals surface area contributed by atoms with Crippen molar-refractivity contribution >= 4 is 0 Å². The summed E-state index contributed by atoms with van der Waals surface area (Å²) >= 11 is 0. The van der Waals surface area contributed by atoms with Gasteiger partial charge in [-0.3, -0.25) is 19.6 Å². The maximum atomic E-state index is 2.63. The van der Waals surface area contributed by atoms with Crippen LogP contribution in [-0.2, 0) is 0 Å². The first-order valence-corrected chi connectivity index (χ1v) is 4.90. The van der Waals surface area contributed by atoms with E-state index in [-0.39, 0.29) is 0 Å². The molecule has 66 valence electrons. The zero-order valence-electron chi connectivity index (χ0n) is 7.19. The van der Waals surface area contributed by atoms with E-state index in [4.69, 9.17) is 0 Å². The van der Waals surface area contributed by atoms with E-state index in [1.165, 1.54) is 39.5 Å². The van der Waals surface area contributed by atoms with Crippen LogP contribution in [0.3, 0.4) is 0 Å². The molecule has 0 amide bonds. The molecule has 0 N–H and O–H groups in total. The molecule has 12 heavy (non-hydrogen) atoms. The van der Waals surface area contributed by atoms with Gasteiger partial charge in [-0.05, 0) is 6.42 Å². The summed E-state index contributed by atoms with van der Waals surface area (Å²) < 4.78 is 0. The molecular weight excluding hydrogens is 152 g/mol. The summed E-state index contributed by atoms with van der Waals surface area (Å²) in [6.07, 6.45) is 2.90. The molecule has 4 saturated heterocycles. The number of rotatable bonds is 0. The van der Waals surface area contributed by atoms with Gasteiger partial charge in [-0.25, -0.2) is 0 Å². The third-order valence-electron chi connectivity index (χ3n) is 3.74. The second kappa shape index (κ2) is 1.85. The topological polar surface area (TPSA) is 13.0 Å². The average molecular weight is 166 g/mol. The smallest absolute Gasteiger partial charge is 0.0953 e. The van der Waals surface area contributed by atoms with Crippen LogP contribution in [0.15, 0.2) is 0 Å². The highest BCUT2D eigenvalue weighted by molar-refractivity contribution is 5.04. The Balaban J connectivity index is 1.73. The predicted octanol–water partition coefficient (Wildman–Crippen LogP) is -0.836. The van der Waals surface area contributed by atoms with E-state index < -0.39 is 0 Å². The molecular formula is C8H14N4. The second-order valence-electron chi connectivity index (χ2n) is 4.41. The van der Waals surface area contributed by atoms with Gasteiger partial charge < -0.3 is 0 Å². The Bertz CT molecular complexity index is 205. The highest BCUT2D eigenvalue weighted by Crippen LogP contribution is 2.40. The van der Waals surface area contributed by atoms with E-state index in [0.717, 1.165) is 12.3 Å². The zero-order valence-corrected chi connectivity index (χ0v) is 7.19. The molecule has 2 atom stereocenters. The summed E-state index contributed by atoms with van der Waals surface area (Å²) in [5, 5.41) is 0. The van der Waals surface area contributed by atoms with Crippen molar-refractivity contribution in [2.45, 2.75) is 18.8 Å². The summed E-state index contributed by atoms with van der Waals surface area (Å²) in [6, 6.07) is 0. The molecule has 0 aromatic heterocycles. The van der Waals surface area contributed by atoms with Crippen LogP contribution in [0.1, 0.15) is 6.42 Å². The predicted molar refractivity (Wildman–Crippen MR) is 43.9 cm³/mol. The Labute approximate surface area is 72.3 Å². The van der Waals surface area contributed by atoms with Crippen LogP contribution in [0, 0.1) is 0 Å². The Morgan fingerprint density at radius 3 is 1.75 bits per heavy atom. The van der Waals surface area contributed by atoms with Crippen molar-refractivity contribution in [1.82, 2.24) is 19.6 Å². The minimum atomic E-state index is 0.765. The third-order valence-corrected chi connectivity index (χ3v) is 3.74. The molecule has 0 bridgehead atoms. The third kappa shape index (κ3) is 0.537. The Morgan fingerprint density at radius 1 is 0.667 bits per heavy atom. The van der Waals surface area contributed by atoms with Crippen molar-refractivity contribution in [1.29, 1.82) is 0 Å². The molecule has 0 radical (unpaired) electrons. The molecule has 0 aromatic carbocycles. The van der Waals surface area contributed by atoms with Gasteiger partial charge in [0.15, 0.2) is 0 Å². The van der Waals surface area contributed by atoms with Crippen molar-refractivity contribution in [2.24, 2.45) is 0 Å². The SMILES string of the molecule is C1CN2CN3CN4CN(C1)C4C23. The number of hydrogen-bond acceptors (Lipinski definition) is 4. The Morgan fingerprint density at radius 2 is 1.17 bits per heavy atom. The van der Waals surface area contributed by atoms with E-state index in [1.807, 2.05) is 0 Å². The van der Waals surface area contributed by atoms with E-state index in [1.54, 1.807) is 0 Å². The molecule has 4 nitrogen and oxygen atoms in total. The number of nitrogens with zero attached hydrogens (tertiary/aromatic N) is 4. The van der Waals surface area contributed by atoms with Crippen molar-refractivity contribution in [3.63, 3.8) is 0 Å². The fraction of sp³-hybridized carbons (Fsp3) is 1.00. The van der Waals surface area contributed by atoms with Crippen LogP contribution in [0.5, 0.6) is 0 Å². The second-order valence-corrected chi connectivity index (χ2v) is 4.41. The first-order valence-electron chi connectivity index (χ1n) is 4.90. The maximum Gasteiger partial charge on any atom is 0.0953 e. The van der Waals surface area contributed by atoms with Crippen molar-refractivity contribution in [3.8, 4) is 0 Å². The van der Waals surface area contributed by atoms with E-state index in [0.29, 0.717) is 0 Å². The fourth-order valence-corrected chi connectivity index (χ4v) is 3.20. The van der Waals surface area contributed by atoms with Gasteiger partial charge in [-0.1, -0.05) is 0 Å². The molecule has 2 unspecified atom stereocenters. The number of hydrogen-bond donors (Lipinski definition) is 0. The summed E-state index contributed by atoms with van der Waals surface area (Å²) in [7, 11) is 0. The lowest BCUT2D eigenvalue weighted by atomic mass is 10.2. The van der Waals surface area contributed by atoms with Crippen molar-refractivity contribution in [2.75, 3.05) is 33.1 Å². The normalized spacial score (nSPS) is 48.0. The minimum Gasteiger partial charge on any atom is -0.272 e. The van der Waals surface area contributed by atoms with E-state index in [9.17, 15) is 0 Å². The van der Waals surface area contributed by atoms with Crippen LogP contribution in [0.4, 0.5) is 0 Å². The summed E-state index contributed by atoms with van der Waals surface area (Å²) in [6.45, 7) is 6.32. The monoisotopic (exact) mass is 166 g/mol. The van der Waals surface area contributed by atoms with Gasteiger partial charge >= 0.3 is 0 Å². The van der Waals surface area contributed by atoms with Crippen molar-refractivity contribution < 1.29 is 0 Å². The van der Waals surface area contributed by atoms with E-state index in [2.05, 4.69) is 19.6 Å². The summed E-state index contributed by atoms with van der Waals surface area (Å²) in [5.41, 5.74) is 0. The standard InChI is InChI=1S/C8H14N4/c1-2-9-4-11-6-12-5-10(3-1)8(12)7(9)11/h7-8H,1-6H2. The van der Waals surface area contributed by atoms with Gasteiger partial charge in [0.05, 0.1) is 32.3 Å². The van der Waals surface area contributed by atoms with Gasteiger partial charge in [0.25, 0.3) is 0 Å². The molecule has 4 rings (SSSR count). The molecule has 4 aliphatic rings. The molecule has 4 heterocycles. The minimum absolute atomic E-state index is 0.765. The summed E-state index contributed by atoms with van der Waals surface area (Å²) in [5.74, 6) is 0. The summed E-state index contributed by atoms with van der Waals surface area (Å²) in [4.78, 5) is 10.4. The lowest BCUT2D eigenvalue weighted by Gasteiger charge is -2.51. The Hall–Kier alpha value is -0.160. The first-order chi connectivity index (χ1) is 5.93. The molecule has 4 fully saturated rings. The van der Waals surface area contributed by atoms with Gasteiger partial charge in [-0.15, -0.1) is 0 Å². The lowest BCUT2D eigenvalue weighted by Crippen LogP contribution is -2.69. The first kappa shape index (κ1) is 6.32. The zero-order chi connectivity index (χ0) is 7.71. The van der Waals surface area contributed by atoms with Crippen LogP contribution in [-0.4, -0.2) is 65.0 Å². The van der Waals surface area contributed by atoms with Gasteiger partial charge in [0.2, 0.25) is 0 Å². The molecule has 4 heteroatoms. The van der Waals surface area contributed by atoms with Crippen LogP contribution in [0.2, 0.25) is 0 Å². The van der Waals surface area contributed by atoms with Crippen LogP contribution < -0.4 is 0 Å². The molecule has 0 aliphatic carbocycles. The molecule has 0 spiro atoms. The fourth-order valence-electron chi connectivity index (χ4n) is 3.20. The average Bonchev–Trinajstić information content (AvgIpc) is 2.21. The molecule has 4 aliphatic heterocycles.